The zero-order chi connectivity index (χ0) is 14.6. The summed E-state index contributed by atoms with van der Waals surface area (Å²) in [6.45, 7) is 5.06. The predicted octanol–water partition coefficient (Wildman–Crippen LogP) is 2.58. The molecule has 3 heteroatoms. The third kappa shape index (κ3) is 7.04. The SMILES string of the molecule is c1ccc(CNCCOCCNCc2ccccc2)cc1. The first-order chi connectivity index (χ1) is 10.4. The van der Waals surface area contributed by atoms with Crippen LogP contribution in [0.4, 0.5) is 0 Å². The van der Waals surface area contributed by atoms with Crippen LogP contribution in [-0.2, 0) is 17.8 Å². The van der Waals surface area contributed by atoms with Crippen LogP contribution in [0.5, 0.6) is 0 Å². The predicted molar refractivity (Wildman–Crippen MR) is 87.1 cm³/mol. The lowest BCUT2D eigenvalue weighted by Crippen LogP contribution is -2.23. The van der Waals surface area contributed by atoms with E-state index in [4.69, 9.17) is 4.74 Å². The Morgan fingerprint density at radius 1 is 0.619 bits per heavy atom. The van der Waals surface area contributed by atoms with Gasteiger partial charge in [0, 0.05) is 26.2 Å². The van der Waals surface area contributed by atoms with E-state index in [0.29, 0.717) is 0 Å². The van der Waals surface area contributed by atoms with Crippen LogP contribution in [0.15, 0.2) is 60.7 Å². The molecule has 2 aromatic carbocycles. The van der Waals surface area contributed by atoms with Crippen molar-refractivity contribution >= 4 is 0 Å². The number of hydrogen-bond donors (Lipinski definition) is 2. The fourth-order valence-corrected chi connectivity index (χ4v) is 2.05. The molecular weight excluding hydrogens is 260 g/mol. The molecule has 0 atom stereocenters. The molecule has 0 fully saturated rings. The Hall–Kier alpha value is -1.68. The quantitative estimate of drug-likeness (QED) is 0.658. The largest absolute Gasteiger partial charge is 0.379 e. The summed E-state index contributed by atoms with van der Waals surface area (Å²) >= 11 is 0. The molecule has 2 rings (SSSR count). The van der Waals surface area contributed by atoms with Gasteiger partial charge in [-0.1, -0.05) is 60.7 Å². The second-order valence-electron chi connectivity index (χ2n) is 4.94. The average Bonchev–Trinajstić information content (AvgIpc) is 2.55. The standard InChI is InChI=1S/C18H24N2O/c1-3-7-17(8-4-1)15-19-11-13-21-14-12-20-16-18-9-5-2-6-10-18/h1-10,19-20H,11-16H2. The summed E-state index contributed by atoms with van der Waals surface area (Å²) in [7, 11) is 0. The zero-order valence-electron chi connectivity index (χ0n) is 12.4. The Morgan fingerprint density at radius 3 is 1.48 bits per heavy atom. The van der Waals surface area contributed by atoms with Crippen LogP contribution >= 0.6 is 0 Å². The summed E-state index contributed by atoms with van der Waals surface area (Å²) < 4.78 is 5.58. The van der Waals surface area contributed by atoms with E-state index in [-0.39, 0.29) is 0 Å². The Labute approximate surface area is 127 Å². The van der Waals surface area contributed by atoms with Crippen LogP contribution in [0.2, 0.25) is 0 Å². The molecule has 0 aromatic heterocycles. The molecular formula is C18H24N2O. The van der Waals surface area contributed by atoms with Crippen molar-refractivity contribution in [2.75, 3.05) is 26.3 Å². The second-order valence-corrected chi connectivity index (χ2v) is 4.94. The van der Waals surface area contributed by atoms with E-state index in [1.165, 1.54) is 11.1 Å². The zero-order valence-corrected chi connectivity index (χ0v) is 12.4. The van der Waals surface area contributed by atoms with E-state index in [0.717, 1.165) is 39.4 Å². The van der Waals surface area contributed by atoms with Crippen LogP contribution < -0.4 is 10.6 Å². The summed E-state index contributed by atoms with van der Waals surface area (Å²) in [4.78, 5) is 0. The highest BCUT2D eigenvalue weighted by atomic mass is 16.5. The maximum atomic E-state index is 5.58. The summed E-state index contributed by atoms with van der Waals surface area (Å²) in [5.74, 6) is 0. The van der Waals surface area contributed by atoms with Gasteiger partial charge >= 0.3 is 0 Å². The molecule has 2 aromatic rings. The highest BCUT2D eigenvalue weighted by Gasteiger charge is 1.93. The van der Waals surface area contributed by atoms with Crippen LogP contribution in [0.25, 0.3) is 0 Å². The molecule has 0 amide bonds. The van der Waals surface area contributed by atoms with Gasteiger partial charge in [-0.25, -0.2) is 0 Å². The number of hydrogen-bond acceptors (Lipinski definition) is 3. The van der Waals surface area contributed by atoms with Crippen molar-refractivity contribution in [1.82, 2.24) is 10.6 Å². The third-order valence-corrected chi connectivity index (χ3v) is 3.19. The normalized spacial score (nSPS) is 10.7. The van der Waals surface area contributed by atoms with Gasteiger partial charge in [0.2, 0.25) is 0 Å². The molecule has 3 nitrogen and oxygen atoms in total. The molecule has 21 heavy (non-hydrogen) atoms. The van der Waals surface area contributed by atoms with E-state index in [9.17, 15) is 0 Å². The van der Waals surface area contributed by atoms with Gasteiger partial charge in [-0.3, -0.25) is 0 Å². The van der Waals surface area contributed by atoms with E-state index >= 15 is 0 Å². The number of benzene rings is 2. The molecule has 112 valence electrons. The van der Waals surface area contributed by atoms with Crippen molar-refractivity contribution < 1.29 is 4.74 Å². The topological polar surface area (TPSA) is 33.3 Å². The Morgan fingerprint density at radius 2 is 1.05 bits per heavy atom. The van der Waals surface area contributed by atoms with Crippen molar-refractivity contribution in [2.24, 2.45) is 0 Å². The first-order valence-corrected chi connectivity index (χ1v) is 7.52. The van der Waals surface area contributed by atoms with Gasteiger partial charge in [-0.05, 0) is 11.1 Å². The van der Waals surface area contributed by atoms with Crippen molar-refractivity contribution in [3.8, 4) is 0 Å². The van der Waals surface area contributed by atoms with Gasteiger partial charge in [-0.2, -0.15) is 0 Å². The fourth-order valence-electron chi connectivity index (χ4n) is 2.05. The minimum atomic E-state index is 0.750. The Kier molecular flexibility index (Phi) is 7.56. The van der Waals surface area contributed by atoms with Crippen LogP contribution in [0.3, 0.4) is 0 Å². The molecule has 0 heterocycles. The van der Waals surface area contributed by atoms with Crippen LogP contribution in [0, 0.1) is 0 Å². The molecule has 0 aliphatic carbocycles. The third-order valence-electron chi connectivity index (χ3n) is 3.19. The molecule has 0 saturated carbocycles. The minimum absolute atomic E-state index is 0.750. The monoisotopic (exact) mass is 284 g/mol. The van der Waals surface area contributed by atoms with Gasteiger partial charge in [0.05, 0.1) is 13.2 Å². The molecule has 0 radical (unpaired) electrons. The maximum absolute atomic E-state index is 5.58. The molecule has 0 aliphatic heterocycles. The smallest absolute Gasteiger partial charge is 0.0591 e. The first kappa shape index (κ1) is 15.7. The first-order valence-electron chi connectivity index (χ1n) is 7.52. The van der Waals surface area contributed by atoms with E-state index in [1.807, 2.05) is 12.1 Å². The van der Waals surface area contributed by atoms with Crippen LogP contribution in [0.1, 0.15) is 11.1 Å². The maximum Gasteiger partial charge on any atom is 0.0591 e. The van der Waals surface area contributed by atoms with E-state index in [1.54, 1.807) is 0 Å². The average molecular weight is 284 g/mol. The molecule has 0 saturated heterocycles. The Bertz CT molecular complexity index is 428. The van der Waals surface area contributed by atoms with Gasteiger partial charge in [-0.15, -0.1) is 0 Å². The van der Waals surface area contributed by atoms with Crippen molar-refractivity contribution in [3.63, 3.8) is 0 Å². The highest BCUT2D eigenvalue weighted by Crippen LogP contribution is 1.97. The fraction of sp³-hybridized carbons (Fsp3) is 0.333. The summed E-state index contributed by atoms with van der Waals surface area (Å²) in [6.07, 6.45) is 0. The van der Waals surface area contributed by atoms with E-state index < -0.39 is 0 Å². The lowest BCUT2D eigenvalue weighted by molar-refractivity contribution is 0.137. The summed E-state index contributed by atoms with van der Waals surface area (Å²) in [6, 6.07) is 20.8. The van der Waals surface area contributed by atoms with E-state index in [2.05, 4.69) is 59.2 Å². The molecule has 0 spiro atoms. The van der Waals surface area contributed by atoms with Crippen molar-refractivity contribution in [2.45, 2.75) is 13.1 Å². The molecule has 0 unspecified atom stereocenters. The van der Waals surface area contributed by atoms with Gasteiger partial charge < -0.3 is 15.4 Å². The van der Waals surface area contributed by atoms with Crippen LogP contribution in [-0.4, -0.2) is 26.3 Å². The van der Waals surface area contributed by atoms with Gasteiger partial charge in [0.25, 0.3) is 0 Å². The number of rotatable bonds is 10. The molecule has 0 bridgehead atoms. The van der Waals surface area contributed by atoms with Crippen molar-refractivity contribution in [1.29, 1.82) is 0 Å². The molecule has 2 N–H and O–H groups in total. The Balaban J connectivity index is 1.40. The minimum Gasteiger partial charge on any atom is -0.379 e. The second kappa shape index (κ2) is 10.1. The van der Waals surface area contributed by atoms with Gasteiger partial charge in [0.1, 0.15) is 0 Å². The number of ether oxygens (including phenoxy) is 1. The lowest BCUT2D eigenvalue weighted by atomic mass is 10.2. The molecule has 0 aliphatic rings. The summed E-state index contributed by atoms with van der Waals surface area (Å²) in [5, 5.41) is 6.75. The van der Waals surface area contributed by atoms with Gasteiger partial charge in [0.15, 0.2) is 0 Å². The van der Waals surface area contributed by atoms with Crippen molar-refractivity contribution in [3.05, 3.63) is 71.8 Å². The number of nitrogens with one attached hydrogen (secondary N) is 2. The highest BCUT2D eigenvalue weighted by molar-refractivity contribution is 5.14. The summed E-state index contributed by atoms with van der Waals surface area (Å²) in [5.41, 5.74) is 2.61. The lowest BCUT2D eigenvalue weighted by Gasteiger charge is -2.07.